The van der Waals surface area contributed by atoms with Crippen LogP contribution in [0.1, 0.15) is 0 Å². The van der Waals surface area contributed by atoms with Gasteiger partial charge in [0.1, 0.15) is 0 Å². The Morgan fingerprint density at radius 1 is 0.333 bits per heavy atom. The van der Waals surface area contributed by atoms with Gasteiger partial charge in [0, 0.05) is 0 Å². The summed E-state index contributed by atoms with van der Waals surface area (Å²) in [6.07, 6.45) is 0. The Balaban J connectivity index is 0. The van der Waals surface area contributed by atoms with Crippen molar-refractivity contribution in [2.45, 2.75) is 0 Å². The van der Waals surface area contributed by atoms with Crippen molar-refractivity contribution in [3.63, 3.8) is 0 Å². The predicted octanol–water partition coefficient (Wildman–Crippen LogP) is -0.596. The number of hydrogen-bond acceptors (Lipinski definition) is 0. The molecule has 0 rings (SSSR count). The Hall–Kier alpha value is 0.514. The molecular formula is O5Ti-6. The van der Waals surface area contributed by atoms with Crippen LogP contribution in [0.2, 0.25) is 0 Å². The molecule has 40 valence electrons. The van der Waals surface area contributed by atoms with E-state index < -0.39 is 0 Å². The summed E-state index contributed by atoms with van der Waals surface area (Å²) in [5.41, 5.74) is 0. The normalized spacial score (nSPS) is 0. The Morgan fingerprint density at radius 3 is 0.333 bits per heavy atom. The van der Waals surface area contributed by atoms with E-state index in [1.54, 1.807) is 0 Å². The molecule has 0 aromatic heterocycles. The molecule has 0 aliphatic carbocycles. The van der Waals surface area contributed by atoms with Crippen molar-refractivity contribution in [1.29, 1.82) is 0 Å². The van der Waals surface area contributed by atoms with Gasteiger partial charge in [-0.3, -0.25) is 0 Å². The topological polar surface area (TPSA) is 142 Å². The maximum absolute atomic E-state index is 0. The van der Waals surface area contributed by atoms with Gasteiger partial charge in [0.05, 0.1) is 0 Å². The molecule has 0 saturated carbocycles. The van der Waals surface area contributed by atoms with E-state index in [-0.39, 0.29) is 49.1 Å². The zero-order chi connectivity index (χ0) is 0. The van der Waals surface area contributed by atoms with E-state index in [2.05, 4.69) is 0 Å². The molecule has 6 heteroatoms. The van der Waals surface area contributed by atoms with E-state index in [1.165, 1.54) is 0 Å². The monoisotopic (exact) mass is 128 g/mol. The summed E-state index contributed by atoms with van der Waals surface area (Å²) in [6, 6.07) is 0. The third kappa shape index (κ3) is 211. The van der Waals surface area contributed by atoms with Gasteiger partial charge in [0.15, 0.2) is 0 Å². The molecule has 0 atom stereocenters. The number of hydrogen-bond donors (Lipinski definition) is 0. The van der Waals surface area contributed by atoms with Gasteiger partial charge in [-0.15, -0.1) is 0 Å². The van der Waals surface area contributed by atoms with Gasteiger partial charge in [0.2, 0.25) is 0 Å². The van der Waals surface area contributed by atoms with Gasteiger partial charge in [0.25, 0.3) is 0 Å². The summed E-state index contributed by atoms with van der Waals surface area (Å²) in [6.45, 7) is 0. The fraction of sp³-hybridized carbons (Fsp3) is 0. The fourth-order valence-electron chi connectivity index (χ4n) is 0. The maximum atomic E-state index is 0. The Kier molecular flexibility index (Phi) is 53000. The second kappa shape index (κ2) is 425. The van der Waals surface area contributed by atoms with Crippen LogP contribution in [-0.2, 0) is 49.1 Å². The van der Waals surface area contributed by atoms with E-state index in [1.807, 2.05) is 0 Å². The van der Waals surface area contributed by atoms with Crippen LogP contribution in [0, 0.1) is 0 Å². The molecule has 0 fully saturated rings. The molecular weight excluding hydrogens is 128 g/mol. The van der Waals surface area contributed by atoms with E-state index in [9.17, 15) is 0 Å². The molecule has 0 spiro atoms. The molecule has 0 N–H and O–H groups in total. The van der Waals surface area contributed by atoms with Crippen LogP contribution in [0.4, 0.5) is 0 Å². The standard InChI is InChI=1S/5O.Ti/q5*-2;+4. The SMILES string of the molecule is [O-2].[O-2].[O-2].[O-2].[O-2].[Ti+4]. The number of rotatable bonds is 0. The van der Waals surface area contributed by atoms with Gasteiger partial charge < -0.3 is 27.4 Å². The van der Waals surface area contributed by atoms with Crippen LogP contribution < -0.4 is 0 Å². The summed E-state index contributed by atoms with van der Waals surface area (Å²) >= 11 is 0. The van der Waals surface area contributed by atoms with Crippen LogP contribution in [0.5, 0.6) is 0 Å². The van der Waals surface area contributed by atoms with Crippen molar-refractivity contribution in [2.75, 3.05) is 0 Å². The first-order chi connectivity index (χ1) is 0. The third-order valence-electron chi connectivity index (χ3n) is 0. The summed E-state index contributed by atoms with van der Waals surface area (Å²) in [5.74, 6) is 0. The summed E-state index contributed by atoms with van der Waals surface area (Å²) in [4.78, 5) is 0. The van der Waals surface area contributed by atoms with E-state index in [4.69, 9.17) is 0 Å². The largest absolute Gasteiger partial charge is 4.00 e. The fourth-order valence-corrected chi connectivity index (χ4v) is 0. The molecule has 0 amide bonds. The van der Waals surface area contributed by atoms with Gasteiger partial charge in [-0.1, -0.05) is 0 Å². The average Bonchev–Trinajstić information content (AvgIpc) is 0. The molecule has 0 bridgehead atoms. The van der Waals surface area contributed by atoms with Gasteiger partial charge in [-0.25, -0.2) is 0 Å². The molecule has 5 nitrogen and oxygen atoms in total. The Morgan fingerprint density at radius 2 is 0.333 bits per heavy atom. The molecule has 0 aliphatic heterocycles. The van der Waals surface area contributed by atoms with Gasteiger partial charge in [-0.2, -0.15) is 0 Å². The van der Waals surface area contributed by atoms with Gasteiger partial charge >= 0.3 is 21.7 Å². The predicted molar refractivity (Wildman–Crippen MR) is 3.43 cm³/mol. The van der Waals surface area contributed by atoms with Crippen LogP contribution in [0.15, 0.2) is 0 Å². The molecule has 0 aromatic carbocycles. The van der Waals surface area contributed by atoms with Crippen molar-refractivity contribution >= 4 is 0 Å². The zero-order valence-corrected chi connectivity index (χ0v) is 4.10. The first-order valence-corrected chi connectivity index (χ1v) is 0. The van der Waals surface area contributed by atoms with Gasteiger partial charge in [-0.05, 0) is 0 Å². The second-order valence-corrected chi connectivity index (χ2v) is 0. The quantitative estimate of drug-likeness (QED) is 0.384. The van der Waals surface area contributed by atoms with Crippen molar-refractivity contribution in [3.8, 4) is 0 Å². The van der Waals surface area contributed by atoms with Crippen molar-refractivity contribution in [3.05, 3.63) is 0 Å². The maximum Gasteiger partial charge on any atom is 4.00 e. The first kappa shape index (κ1) is 749. The van der Waals surface area contributed by atoms with E-state index in [0.717, 1.165) is 0 Å². The van der Waals surface area contributed by atoms with Crippen LogP contribution in [0.25, 0.3) is 0 Å². The molecule has 6 heavy (non-hydrogen) atoms. The molecule has 0 aromatic rings. The van der Waals surface area contributed by atoms with E-state index in [0.29, 0.717) is 0 Å². The molecule has 0 heterocycles. The molecule has 0 radical (unpaired) electrons. The minimum Gasteiger partial charge on any atom is -2.00 e. The third-order valence-corrected chi connectivity index (χ3v) is 0. The zero-order valence-electron chi connectivity index (χ0n) is 2.54. The smallest absolute Gasteiger partial charge is 2.00 e. The average molecular weight is 128 g/mol. The Bertz CT molecular complexity index is 3.90. The second-order valence-electron chi connectivity index (χ2n) is 0. The first-order valence-electron chi connectivity index (χ1n) is 0. The summed E-state index contributed by atoms with van der Waals surface area (Å²) in [5, 5.41) is 0. The van der Waals surface area contributed by atoms with Crippen molar-refractivity contribution in [1.82, 2.24) is 0 Å². The van der Waals surface area contributed by atoms with Crippen LogP contribution in [0.3, 0.4) is 0 Å². The molecule has 0 aliphatic rings. The van der Waals surface area contributed by atoms with Crippen molar-refractivity contribution in [2.24, 2.45) is 0 Å². The van der Waals surface area contributed by atoms with Crippen LogP contribution >= 0.6 is 0 Å². The Labute approximate surface area is 49.8 Å². The molecule has 0 unspecified atom stereocenters. The summed E-state index contributed by atoms with van der Waals surface area (Å²) in [7, 11) is 0. The minimum atomic E-state index is 0. The van der Waals surface area contributed by atoms with E-state index >= 15 is 0 Å². The molecule has 0 saturated heterocycles. The van der Waals surface area contributed by atoms with Crippen molar-refractivity contribution < 1.29 is 49.1 Å². The minimum absolute atomic E-state index is 0. The van der Waals surface area contributed by atoms with Crippen LogP contribution in [-0.4, -0.2) is 0 Å². The summed E-state index contributed by atoms with van der Waals surface area (Å²) < 4.78 is 0.